The normalized spacial score (nSPS) is 12.3. The summed E-state index contributed by atoms with van der Waals surface area (Å²) in [5.41, 5.74) is 1.25. The lowest BCUT2D eigenvalue weighted by atomic mass is 10.2. The highest BCUT2D eigenvalue weighted by atomic mass is 16.5. The van der Waals surface area contributed by atoms with E-state index < -0.39 is 6.10 Å². The van der Waals surface area contributed by atoms with Crippen LogP contribution in [-0.2, 0) is 4.74 Å². The van der Waals surface area contributed by atoms with E-state index in [9.17, 15) is 9.90 Å². The van der Waals surface area contributed by atoms with Crippen molar-refractivity contribution in [3.05, 3.63) is 29.8 Å². The fourth-order valence-electron chi connectivity index (χ4n) is 1.31. The minimum absolute atomic E-state index is 0.144. The van der Waals surface area contributed by atoms with Crippen molar-refractivity contribution in [1.82, 2.24) is 0 Å². The van der Waals surface area contributed by atoms with E-state index in [1.54, 1.807) is 38.1 Å². The molecule has 0 aliphatic heterocycles. The zero-order valence-electron chi connectivity index (χ0n) is 10.6. The van der Waals surface area contributed by atoms with Gasteiger partial charge in [0.05, 0.1) is 24.4 Å². The summed E-state index contributed by atoms with van der Waals surface area (Å²) in [6, 6.07) is 6.75. The summed E-state index contributed by atoms with van der Waals surface area (Å²) >= 11 is 0. The van der Waals surface area contributed by atoms with Crippen molar-refractivity contribution >= 4 is 11.7 Å². The molecular weight excluding hydrogens is 234 g/mol. The summed E-state index contributed by atoms with van der Waals surface area (Å²) < 4.78 is 5.06. The molecule has 5 heteroatoms. The number of aliphatic hydroxyl groups is 2. The number of nitrogens with one attached hydrogen (secondary N) is 1. The van der Waals surface area contributed by atoms with Gasteiger partial charge in [0.1, 0.15) is 0 Å². The molecule has 0 saturated heterocycles. The predicted octanol–water partition coefficient (Wildman–Crippen LogP) is 1.02. The Morgan fingerprint density at radius 3 is 2.44 bits per heavy atom. The SMILES string of the molecule is CC(C)OC(=O)c1ccc(NCC(O)CO)cc1. The first-order valence-electron chi connectivity index (χ1n) is 5.86. The van der Waals surface area contributed by atoms with E-state index in [-0.39, 0.29) is 25.2 Å². The third-order valence-corrected chi connectivity index (χ3v) is 2.22. The predicted molar refractivity (Wildman–Crippen MR) is 68.6 cm³/mol. The van der Waals surface area contributed by atoms with E-state index in [0.717, 1.165) is 5.69 Å². The number of hydrogen-bond donors (Lipinski definition) is 3. The smallest absolute Gasteiger partial charge is 0.338 e. The van der Waals surface area contributed by atoms with Crippen molar-refractivity contribution in [2.45, 2.75) is 26.1 Å². The van der Waals surface area contributed by atoms with E-state index in [1.165, 1.54) is 0 Å². The minimum Gasteiger partial charge on any atom is -0.459 e. The Kier molecular flexibility index (Phi) is 5.61. The fourth-order valence-corrected chi connectivity index (χ4v) is 1.31. The monoisotopic (exact) mass is 253 g/mol. The van der Waals surface area contributed by atoms with Crippen LogP contribution in [-0.4, -0.2) is 41.5 Å². The van der Waals surface area contributed by atoms with Crippen molar-refractivity contribution < 1.29 is 19.7 Å². The third-order valence-electron chi connectivity index (χ3n) is 2.22. The summed E-state index contributed by atoms with van der Waals surface area (Å²) in [5.74, 6) is -0.355. The van der Waals surface area contributed by atoms with Crippen LogP contribution in [0.4, 0.5) is 5.69 Å². The second-order valence-electron chi connectivity index (χ2n) is 4.25. The van der Waals surface area contributed by atoms with Gasteiger partial charge in [0.15, 0.2) is 0 Å². The van der Waals surface area contributed by atoms with Crippen molar-refractivity contribution in [2.75, 3.05) is 18.5 Å². The molecule has 5 nitrogen and oxygen atoms in total. The molecular formula is C13H19NO4. The van der Waals surface area contributed by atoms with E-state index in [2.05, 4.69) is 5.32 Å². The van der Waals surface area contributed by atoms with Gasteiger partial charge in [0, 0.05) is 12.2 Å². The molecule has 18 heavy (non-hydrogen) atoms. The molecule has 3 N–H and O–H groups in total. The van der Waals surface area contributed by atoms with Crippen LogP contribution in [0.3, 0.4) is 0 Å². The first-order valence-corrected chi connectivity index (χ1v) is 5.86. The van der Waals surface area contributed by atoms with Crippen LogP contribution in [0.25, 0.3) is 0 Å². The maximum atomic E-state index is 11.6. The van der Waals surface area contributed by atoms with Crippen molar-refractivity contribution in [1.29, 1.82) is 0 Å². The maximum Gasteiger partial charge on any atom is 0.338 e. The molecule has 1 rings (SSSR count). The number of esters is 1. The summed E-state index contributed by atoms with van der Waals surface area (Å²) in [7, 11) is 0. The van der Waals surface area contributed by atoms with Gasteiger partial charge in [-0.1, -0.05) is 0 Å². The van der Waals surface area contributed by atoms with Crippen LogP contribution in [0, 0.1) is 0 Å². The van der Waals surface area contributed by atoms with Gasteiger partial charge in [-0.3, -0.25) is 0 Å². The Morgan fingerprint density at radius 2 is 1.94 bits per heavy atom. The standard InChI is InChI=1S/C13H19NO4/c1-9(2)18-13(17)10-3-5-11(6-4-10)14-7-12(16)8-15/h3-6,9,12,14-16H,7-8H2,1-2H3. The number of rotatable bonds is 6. The highest BCUT2D eigenvalue weighted by molar-refractivity contribution is 5.89. The molecule has 0 radical (unpaired) electrons. The third kappa shape index (κ3) is 4.73. The summed E-state index contributed by atoms with van der Waals surface area (Å²) in [6.07, 6.45) is -0.939. The average molecular weight is 253 g/mol. The molecule has 0 aliphatic rings. The Morgan fingerprint density at radius 1 is 1.33 bits per heavy atom. The van der Waals surface area contributed by atoms with E-state index in [4.69, 9.17) is 9.84 Å². The van der Waals surface area contributed by atoms with E-state index in [1.807, 2.05) is 0 Å². The number of anilines is 1. The lowest BCUT2D eigenvalue weighted by Crippen LogP contribution is -2.22. The second kappa shape index (κ2) is 6.98. The number of carbonyl (C=O) groups is 1. The van der Waals surface area contributed by atoms with Crippen molar-refractivity contribution in [2.24, 2.45) is 0 Å². The molecule has 1 aromatic rings. The molecule has 0 spiro atoms. The van der Waals surface area contributed by atoms with Crippen LogP contribution in [0.15, 0.2) is 24.3 Å². The van der Waals surface area contributed by atoms with Crippen LogP contribution in [0.2, 0.25) is 0 Å². The largest absolute Gasteiger partial charge is 0.459 e. The van der Waals surface area contributed by atoms with Crippen molar-refractivity contribution in [3.63, 3.8) is 0 Å². The molecule has 0 saturated carbocycles. The molecule has 0 aliphatic carbocycles. The molecule has 1 atom stereocenters. The Labute approximate surface area is 106 Å². The first kappa shape index (κ1) is 14.5. The fraction of sp³-hybridized carbons (Fsp3) is 0.462. The molecule has 1 unspecified atom stereocenters. The molecule has 100 valence electrons. The molecule has 1 aromatic carbocycles. The zero-order chi connectivity index (χ0) is 13.5. The van der Waals surface area contributed by atoms with Crippen LogP contribution < -0.4 is 5.32 Å². The Bertz CT molecular complexity index is 375. The Balaban J connectivity index is 2.54. The minimum atomic E-state index is -0.796. The lowest BCUT2D eigenvalue weighted by molar-refractivity contribution is 0.0378. The van der Waals surface area contributed by atoms with Gasteiger partial charge in [0.2, 0.25) is 0 Å². The number of benzene rings is 1. The number of carbonyl (C=O) groups excluding carboxylic acids is 1. The summed E-state index contributed by atoms with van der Waals surface area (Å²) in [4.78, 5) is 11.6. The second-order valence-corrected chi connectivity index (χ2v) is 4.25. The van der Waals surface area contributed by atoms with Crippen LogP contribution >= 0.6 is 0 Å². The number of hydrogen-bond acceptors (Lipinski definition) is 5. The summed E-state index contributed by atoms with van der Waals surface area (Å²) in [6.45, 7) is 3.56. The highest BCUT2D eigenvalue weighted by Crippen LogP contribution is 2.11. The topological polar surface area (TPSA) is 78.8 Å². The maximum absolute atomic E-state index is 11.6. The quantitative estimate of drug-likeness (QED) is 0.660. The van der Waals surface area contributed by atoms with Crippen LogP contribution in [0.1, 0.15) is 24.2 Å². The average Bonchev–Trinajstić information content (AvgIpc) is 2.35. The zero-order valence-corrected chi connectivity index (χ0v) is 10.6. The van der Waals surface area contributed by atoms with Gasteiger partial charge in [-0.25, -0.2) is 4.79 Å². The van der Waals surface area contributed by atoms with Gasteiger partial charge in [-0.2, -0.15) is 0 Å². The first-order chi connectivity index (χ1) is 8.52. The number of ether oxygens (including phenoxy) is 1. The van der Waals surface area contributed by atoms with E-state index >= 15 is 0 Å². The molecule has 0 amide bonds. The van der Waals surface area contributed by atoms with Crippen molar-refractivity contribution in [3.8, 4) is 0 Å². The highest BCUT2D eigenvalue weighted by Gasteiger charge is 2.08. The molecule has 0 heterocycles. The van der Waals surface area contributed by atoms with Gasteiger partial charge in [-0.05, 0) is 38.1 Å². The van der Waals surface area contributed by atoms with E-state index in [0.29, 0.717) is 5.56 Å². The van der Waals surface area contributed by atoms with Gasteiger partial charge in [-0.15, -0.1) is 0 Å². The van der Waals surface area contributed by atoms with Gasteiger partial charge < -0.3 is 20.3 Å². The lowest BCUT2D eigenvalue weighted by Gasteiger charge is -2.11. The summed E-state index contributed by atoms with van der Waals surface area (Å²) in [5, 5.41) is 20.8. The molecule has 0 bridgehead atoms. The molecule has 0 fully saturated rings. The Hall–Kier alpha value is -1.59. The van der Waals surface area contributed by atoms with Gasteiger partial charge >= 0.3 is 5.97 Å². The van der Waals surface area contributed by atoms with Crippen LogP contribution in [0.5, 0.6) is 0 Å². The van der Waals surface area contributed by atoms with Gasteiger partial charge in [0.25, 0.3) is 0 Å². The molecule has 0 aromatic heterocycles. The number of aliphatic hydroxyl groups excluding tert-OH is 2.